The van der Waals surface area contributed by atoms with Crippen LogP contribution in [0.5, 0.6) is 0 Å². The van der Waals surface area contributed by atoms with Gasteiger partial charge in [0, 0.05) is 27.5 Å². The lowest BCUT2D eigenvalue weighted by Crippen LogP contribution is -2.15. The summed E-state index contributed by atoms with van der Waals surface area (Å²) in [5, 5.41) is 10.0. The average molecular weight is 715 g/mol. The van der Waals surface area contributed by atoms with Gasteiger partial charge in [-0.05, 0) is 113 Å². The van der Waals surface area contributed by atoms with Gasteiger partial charge in [0.15, 0.2) is 0 Å². The fourth-order valence-corrected chi connectivity index (χ4v) is 10.4. The van der Waals surface area contributed by atoms with Gasteiger partial charge >= 0.3 is 0 Å². The van der Waals surface area contributed by atoms with Gasteiger partial charge in [0.1, 0.15) is 11.2 Å². The number of hydrogen-bond acceptors (Lipinski definition) is 1. The second-order valence-electron chi connectivity index (χ2n) is 16.3. The van der Waals surface area contributed by atoms with Gasteiger partial charge < -0.3 is 4.42 Å². The van der Waals surface area contributed by atoms with E-state index in [0.29, 0.717) is 5.92 Å². The molecule has 1 heteroatoms. The first-order valence-electron chi connectivity index (χ1n) is 19.9. The largest absolute Gasteiger partial charge is 0.455 e. The number of furan rings is 1. The Morgan fingerprint density at radius 1 is 0.571 bits per heavy atom. The lowest BCUT2D eigenvalue weighted by Gasteiger charge is -2.27. The normalized spacial score (nSPS) is 16.9. The smallest absolute Gasteiger partial charge is 0.143 e. The van der Waals surface area contributed by atoms with E-state index < -0.39 is 0 Å². The maximum absolute atomic E-state index is 6.67. The van der Waals surface area contributed by atoms with Crippen molar-refractivity contribution in [3.8, 4) is 22.3 Å². The van der Waals surface area contributed by atoms with Crippen LogP contribution in [0, 0.1) is 5.92 Å². The Balaban J connectivity index is 1.04. The molecule has 0 N–H and O–H groups in total. The predicted octanol–water partition coefficient (Wildman–Crippen LogP) is 15.0. The summed E-state index contributed by atoms with van der Waals surface area (Å²) in [5.74, 6) is 0.358. The van der Waals surface area contributed by atoms with E-state index in [9.17, 15) is 0 Å². The Labute approximate surface area is 326 Å². The van der Waals surface area contributed by atoms with Gasteiger partial charge in [0.2, 0.25) is 0 Å². The average Bonchev–Trinajstić information content (AvgIpc) is 3.74. The topological polar surface area (TPSA) is 13.1 Å². The van der Waals surface area contributed by atoms with E-state index in [0.717, 1.165) is 17.6 Å². The predicted molar refractivity (Wildman–Crippen MR) is 237 cm³/mol. The Morgan fingerprint density at radius 2 is 1.25 bits per heavy atom. The molecular formula is C55H38O. The molecule has 0 spiro atoms. The highest BCUT2D eigenvalue weighted by Crippen LogP contribution is 2.55. The molecule has 56 heavy (non-hydrogen) atoms. The molecule has 0 bridgehead atoms. The molecule has 1 unspecified atom stereocenters. The van der Waals surface area contributed by atoms with E-state index >= 15 is 0 Å². The standard InChI is InChI=1S/C55H38O/c1-55(2)48-29-26-39(32-47(48)45-27-24-34-25-28-46-40-14-10-11-19-49(40)56-54(46)52(34)53(45)55)51-43-17-8-6-15-41(43)50(42-16-7-9-18-44(42)51)38-23-22-36-30-35(20-21-37(36)31-38)33-12-4-3-5-13-33/h3-30,32,37H,31H2,1-2H3. The van der Waals surface area contributed by atoms with E-state index in [2.05, 4.69) is 190 Å². The van der Waals surface area contributed by atoms with Crippen LogP contribution in [0.2, 0.25) is 0 Å². The first kappa shape index (κ1) is 31.6. The molecule has 1 nitrogen and oxygen atoms in total. The monoisotopic (exact) mass is 714 g/mol. The van der Waals surface area contributed by atoms with Crippen LogP contribution in [-0.2, 0) is 5.41 Å². The van der Waals surface area contributed by atoms with Crippen LogP contribution >= 0.6 is 0 Å². The highest BCUT2D eigenvalue weighted by Gasteiger charge is 2.38. The lowest BCUT2D eigenvalue weighted by atomic mass is 9.77. The van der Waals surface area contributed by atoms with Crippen molar-refractivity contribution < 1.29 is 4.42 Å². The molecule has 0 aliphatic heterocycles. The first-order chi connectivity index (χ1) is 27.5. The van der Waals surface area contributed by atoms with Crippen molar-refractivity contribution in [3.05, 3.63) is 204 Å². The molecular weight excluding hydrogens is 677 g/mol. The zero-order chi connectivity index (χ0) is 37.1. The molecule has 1 heterocycles. The minimum absolute atomic E-state index is 0.200. The second-order valence-corrected chi connectivity index (χ2v) is 16.3. The molecule has 0 fully saturated rings. The first-order valence-corrected chi connectivity index (χ1v) is 19.9. The lowest BCUT2D eigenvalue weighted by molar-refractivity contribution is 0.656. The molecule has 0 amide bonds. The Bertz CT molecular complexity index is 3230. The van der Waals surface area contributed by atoms with Crippen LogP contribution in [0.3, 0.4) is 0 Å². The van der Waals surface area contributed by atoms with Gasteiger partial charge in [-0.15, -0.1) is 0 Å². The zero-order valence-electron chi connectivity index (χ0n) is 31.4. The number of rotatable bonds is 3. The second kappa shape index (κ2) is 11.7. The summed E-state index contributed by atoms with van der Waals surface area (Å²) in [6.45, 7) is 4.77. The fraction of sp³-hybridized carbons (Fsp3) is 0.0909. The van der Waals surface area contributed by atoms with Gasteiger partial charge in [-0.1, -0.05) is 172 Å². The van der Waals surface area contributed by atoms with Crippen LogP contribution in [0.15, 0.2) is 186 Å². The van der Waals surface area contributed by atoms with Crippen LogP contribution < -0.4 is 0 Å². The number of fused-ring (bicyclic) bond motifs is 12. The quantitative estimate of drug-likeness (QED) is 0.166. The fourth-order valence-electron chi connectivity index (χ4n) is 10.4. The number of benzene rings is 8. The Kier molecular flexibility index (Phi) is 6.58. The summed E-state index contributed by atoms with van der Waals surface area (Å²) in [7, 11) is 0. The molecule has 0 radical (unpaired) electrons. The molecule has 3 aliphatic carbocycles. The van der Waals surface area contributed by atoms with Crippen molar-refractivity contribution in [3.63, 3.8) is 0 Å². The van der Waals surface area contributed by atoms with E-state index in [1.165, 1.54) is 104 Å². The SMILES string of the molecule is CC1(C)c2ccc(-c3c4ccccc4c(C4=CC=C5C=C(c6ccccc6)C=CC5C4)c4ccccc34)cc2-c2ccc3ccc4c5ccccc5oc4c3c21. The zero-order valence-corrected chi connectivity index (χ0v) is 31.4. The molecule has 0 saturated carbocycles. The van der Waals surface area contributed by atoms with Gasteiger partial charge in [-0.3, -0.25) is 0 Å². The highest BCUT2D eigenvalue weighted by molar-refractivity contribution is 6.20. The van der Waals surface area contributed by atoms with E-state index in [1.807, 2.05) is 0 Å². The van der Waals surface area contributed by atoms with Crippen LogP contribution in [0.4, 0.5) is 0 Å². The van der Waals surface area contributed by atoms with Crippen molar-refractivity contribution in [2.45, 2.75) is 25.7 Å². The number of allylic oxidation sites excluding steroid dienone is 8. The number of hydrogen-bond donors (Lipinski definition) is 0. The van der Waals surface area contributed by atoms with Crippen molar-refractivity contribution >= 4 is 65.4 Å². The minimum Gasteiger partial charge on any atom is -0.455 e. The van der Waals surface area contributed by atoms with Gasteiger partial charge in [-0.2, -0.15) is 0 Å². The summed E-state index contributed by atoms with van der Waals surface area (Å²) in [6.07, 6.45) is 12.8. The summed E-state index contributed by atoms with van der Waals surface area (Å²) in [5.41, 5.74) is 16.3. The summed E-state index contributed by atoms with van der Waals surface area (Å²) in [6, 6.07) is 53.7. The minimum atomic E-state index is -0.200. The molecule has 1 atom stereocenters. The maximum atomic E-state index is 6.67. The van der Waals surface area contributed by atoms with Gasteiger partial charge in [0.05, 0.1) is 0 Å². The van der Waals surface area contributed by atoms with E-state index in [1.54, 1.807) is 0 Å². The molecule has 3 aliphatic rings. The molecule has 0 saturated heterocycles. The van der Waals surface area contributed by atoms with E-state index in [-0.39, 0.29) is 5.41 Å². The molecule has 264 valence electrons. The third-order valence-electron chi connectivity index (χ3n) is 13.0. The van der Waals surface area contributed by atoms with Crippen molar-refractivity contribution in [2.75, 3.05) is 0 Å². The van der Waals surface area contributed by atoms with Gasteiger partial charge in [-0.25, -0.2) is 0 Å². The maximum Gasteiger partial charge on any atom is 0.143 e. The third-order valence-corrected chi connectivity index (χ3v) is 13.0. The Hall–Kier alpha value is -6.70. The van der Waals surface area contributed by atoms with Gasteiger partial charge in [0.25, 0.3) is 0 Å². The van der Waals surface area contributed by atoms with Crippen LogP contribution in [-0.4, -0.2) is 0 Å². The number of para-hydroxylation sites is 1. The summed E-state index contributed by atoms with van der Waals surface area (Å²) in [4.78, 5) is 0. The van der Waals surface area contributed by atoms with Crippen molar-refractivity contribution in [1.29, 1.82) is 0 Å². The Morgan fingerprint density at radius 3 is 2.02 bits per heavy atom. The van der Waals surface area contributed by atoms with Crippen LogP contribution in [0.1, 0.15) is 42.5 Å². The highest BCUT2D eigenvalue weighted by atomic mass is 16.3. The van der Waals surface area contributed by atoms with Crippen LogP contribution in [0.25, 0.3) is 87.7 Å². The molecule has 8 aromatic carbocycles. The molecule has 1 aromatic heterocycles. The van der Waals surface area contributed by atoms with Crippen molar-refractivity contribution in [2.24, 2.45) is 5.92 Å². The third kappa shape index (κ3) is 4.43. The van der Waals surface area contributed by atoms with Crippen molar-refractivity contribution in [1.82, 2.24) is 0 Å². The molecule has 9 aromatic rings. The van der Waals surface area contributed by atoms with E-state index in [4.69, 9.17) is 4.42 Å². The summed E-state index contributed by atoms with van der Waals surface area (Å²) < 4.78 is 6.67. The summed E-state index contributed by atoms with van der Waals surface area (Å²) >= 11 is 0. The molecule has 12 rings (SSSR count).